The first kappa shape index (κ1) is 15.6. The molecule has 4 rings (SSSR count). The Labute approximate surface area is 138 Å². The van der Waals surface area contributed by atoms with E-state index in [9.17, 15) is 13.2 Å². The molecule has 1 aromatic carbocycles. The van der Waals surface area contributed by atoms with Crippen LogP contribution in [0.1, 0.15) is 18.4 Å². The maximum absolute atomic E-state index is 12.8. The maximum atomic E-state index is 12.8. The van der Waals surface area contributed by atoms with Crippen LogP contribution in [0.15, 0.2) is 24.7 Å². The minimum Gasteiger partial charge on any atom is -0.370 e. The van der Waals surface area contributed by atoms with Crippen molar-refractivity contribution in [2.24, 2.45) is 5.41 Å². The minimum absolute atomic E-state index is 0.269. The van der Waals surface area contributed by atoms with E-state index in [4.69, 9.17) is 0 Å². The average Bonchev–Trinajstić information content (AvgIpc) is 2.51. The molecule has 7 heteroatoms. The van der Waals surface area contributed by atoms with Crippen molar-refractivity contribution in [1.29, 1.82) is 0 Å². The first-order chi connectivity index (χ1) is 11.4. The summed E-state index contributed by atoms with van der Waals surface area (Å²) >= 11 is 0. The highest BCUT2D eigenvalue weighted by atomic mass is 19.4. The summed E-state index contributed by atoms with van der Waals surface area (Å²) < 4.78 is 38.5. The Morgan fingerprint density at radius 2 is 1.92 bits per heavy atom. The van der Waals surface area contributed by atoms with Crippen LogP contribution in [0.4, 0.5) is 18.9 Å². The summed E-state index contributed by atoms with van der Waals surface area (Å²) in [6.45, 7) is 3.82. The predicted octanol–water partition coefficient (Wildman–Crippen LogP) is 2.92. The summed E-state index contributed by atoms with van der Waals surface area (Å²) in [5.74, 6) is 0. The summed E-state index contributed by atoms with van der Waals surface area (Å²) in [4.78, 5) is 10.5. The molecule has 1 N–H and O–H groups in total. The zero-order chi connectivity index (χ0) is 16.8. The molecule has 0 saturated carbocycles. The molecule has 2 fully saturated rings. The molecule has 2 aliphatic rings. The van der Waals surface area contributed by atoms with Gasteiger partial charge in [0.05, 0.1) is 17.6 Å². The van der Waals surface area contributed by atoms with Gasteiger partial charge in [-0.25, -0.2) is 9.97 Å². The number of benzene rings is 1. The molecule has 2 aliphatic heterocycles. The van der Waals surface area contributed by atoms with Crippen molar-refractivity contribution in [3.63, 3.8) is 0 Å². The van der Waals surface area contributed by atoms with Crippen LogP contribution in [0.2, 0.25) is 0 Å². The Kier molecular flexibility index (Phi) is 3.63. The van der Waals surface area contributed by atoms with E-state index in [1.54, 1.807) is 18.3 Å². The molecule has 0 amide bonds. The van der Waals surface area contributed by atoms with Gasteiger partial charge < -0.3 is 10.2 Å². The van der Waals surface area contributed by atoms with Crippen LogP contribution in [0, 0.1) is 5.41 Å². The van der Waals surface area contributed by atoms with E-state index in [1.807, 2.05) is 0 Å². The first-order valence-corrected chi connectivity index (χ1v) is 8.19. The highest BCUT2D eigenvalue weighted by Gasteiger charge is 2.40. The summed E-state index contributed by atoms with van der Waals surface area (Å²) in [5, 5.41) is 3.99. The highest BCUT2D eigenvalue weighted by Crippen LogP contribution is 2.38. The van der Waals surface area contributed by atoms with E-state index in [0.717, 1.165) is 50.2 Å². The van der Waals surface area contributed by atoms with E-state index in [1.165, 1.54) is 6.33 Å². The first-order valence-electron chi connectivity index (χ1n) is 8.19. The SMILES string of the molecule is FC(F)(F)Cc1cc(N2CCC3(CC2)CNC3)c2ncncc2c1. The molecule has 0 atom stereocenters. The van der Waals surface area contributed by atoms with E-state index in [2.05, 4.69) is 20.2 Å². The van der Waals surface area contributed by atoms with Crippen molar-refractivity contribution in [1.82, 2.24) is 15.3 Å². The van der Waals surface area contributed by atoms with Gasteiger partial charge in [-0.2, -0.15) is 13.2 Å². The Hall–Kier alpha value is -1.89. The fourth-order valence-corrected chi connectivity index (χ4v) is 3.77. The van der Waals surface area contributed by atoms with Gasteiger partial charge in [-0.05, 0) is 36.0 Å². The Balaban J connectivity index is 1.68. The smallest absolute Gasteiger partial charge is 0.370 e. The maximum Gasteiger partial charge on any atom is 0.393 e. The lowest BCUT2D eigenvalue weighted by Gasteiger charge is -2.49. The number of rotatable bonds is 2. The Morgan fingerprint density at radius 3 is 2.54 bits per heavy atom. The van der Waals surface area contributed by atoms with Gasteiger partial charge in [0.15, 0.2) is 0 Å². The number of alkyl halides is 3. The van der Waals surface area contributed by atoms with Crippen molar-refractivity contribution in [2.75, 3.05) is 31.1 Å². The van der Waals surface area contributed by atoms with Gasteiger partial charge in [-0.15, -0.1) is 0 Å². The quantitative estimate of drug-likeness (QED) is 0.916. The van der Waals surface area contributed by atoms with E-state index < -0.39 is 12.6 Å². The Bertz CT molecular complexity index is 745. The number of fused-ring (bicyclic) bond motifs is 1. The van der Waals surface area contributed by atoms with E-state index in [-0.39, 0.29) is 5.56 Å². The van der Waals surface area contributed by atoms with Crippen LogP contribution in [0.25, 0.3) is 10.9 Å². The standard InChI is InChI=1S/C17H19F3N4/c18-17(19,20)7-12-5-13-8-21-11-23-15(13)14(6-12)24-3-1-16(2-4-24)9-22-10-16/h5-6,8,11,22H,1-4,7,9-10H2. The van der Waals surface area contributed by atoms with Crippen LogP contribution in [-0.2, 0) is 6.42 Å². The van der Waals surface area contributed by atoms with Crippen molar-refractivity contribution in [3.8, 4) is 0 Å². The fourth-order valence-electron chi connectivity index (χ4n) is 3.77. The van der Waals surface area contributed by atoms with Gasteiger partial charge in [0, 0.05) is 37.8 Å². The molecule has 1 spiro atoms. The van der Waals surface area contributed by atoms with Crippen molar-refractivity contribution in [2.45, 2.75) is 25.4 Å². The molecule has 128 valence electrons. The second kappa shape index (κ2) is 5.58. The van der Waals surface area contributed by atoms with Crippen molar-refractivity contribution >= 4 is 16.6 Å². The third-order valence-corrected chi connectivity index (χ3v) is 5.22. The van der Waals surface area contributed by atoms with Crippen LogP contribution in [0.3, 0.4) is 0 Å². The number of aromatic nitrogens is 2. The molecule has 3 heterocycles. The molecule has 0 aliphatic carbocycles. The topological polar surface area (TPSA) is 41.0 Å². The number of piperidine rings is 1. The lowest BCUT2D eigenvalue weighted by molar-refractivity contribution is -0.127. The molecule has 24 heavy (non-hydrogen) atoms. The average molecular weight is 336 g/mol. The zero-order valence-electron chi connectivity index (χ0n) is 13.2. The molecule has 0 radical (unpaired) electrons. The number of nitrogens with one attached hydrogen (secondary N) is 1. The predicted molar refractivity (Wildman–Crippen MR) is 86.0 cm³/mol. The Morgan fingerprint density at radius 1 is 1.17 bits per heavy atom. The van der Waals surface area contributed by atoms with Gasteiger partial charge in [0.1, 0.15) is 6.33 Å². The molecule has 2 saturated heterocycles. The summed E-state index contributed by atoms with van der Waals surface area (Å²) in [7, 11) is 0. The molecular formula is C17H19F3N4. The number of halogens is 3. The second-order valence-corrected chi connectivity index (χ2v) is 6.96. The lowest BCUT2D eigenvalue weighted by atomic mass is 9.73. The fraction of sp³-hybridized carbons (Fsp3) is 0.529. The van der Waals surface area contributed by atoms with Gasteiger partial charge in [0.2, 0.25) is 0 Å². The van der Waals surface area contributed by atoms with Crippen molar-refractivity contribution < 1.29 is 13.2 Å². The number of nitrogens with zero attached hydrogens (tertiary/aromatic N) is 3. The molecular weight excluding hydrogens is 317 g/mol. The summed E-state index contributed by atoms with van der Waals surface area (Å²) in [6, 6.07) is 3.20. The molecule has 0 unspecified atom stereocenters. The lowest BCUT2D eigenvalue weighted by Crippen LogP contribution is -2.58. The zero-order valence-corrected chi connectivity index (χ0v) is 13.2. The molecule has 4 nitrogen and oxygen atoms in total. The normalized spacial score (nSPS) is 20.4. The number of hydrogen-bond acceptors (Lipinski definition) is 4. The van der Waals surface area contributed by atoms with E-state index in [0.29, 0.717) is 10.8 Å². The summed E-state index contributed by atoms with van der Waals surface area (Å²) in [6.07, 6.45) is 0.0341. The van der Waals surface area contributed by atoms with Gasteiger partial charge in [-0.3, -0.25) is 0 Å². The van der Waals surface area contributed by atoms with Crippen LogP contribution < -0.4 is 10.2 Å². The third-order valence-electron chi connectivity index (χ3n) is 5.22. The van der Waals surface area contributed by atoms with Crippen LogP contribution >= 0.6 is 0 Å². The highest BCUT2D eigenvalue weighted by molar-refractivity contribution is 5.91. The van der Waals surface area contributed by atoms with Gasteiger partial charge in [-0.1, -0.05) is 0 Å². The van der Waals surface area contributed by atoms with Crippen molar-refractivity contribution in [3.05, 3.63) is 30.2 Å². The van der Waals surface area contributed by atoms with Crippen LogP contribution in [-0.4, -0.2) is 42.3 Å². The number of anilines is 1. The molecule has 0 bridgehead atoms. The third kappa shape index (κ3) is 2.92. The minimum atomic E-state index is -4.22. The van der Waals surface area contributed by atoms with Crippen LogP contribution in [0.5, 0.6) is 0 Å². The molecule has 1 aromatic heterocycles. The van der Waals surface area contributed by atoms with E-state index >= 15 is 0 Å². The molecule has 2 aromatic rings. The monoisotopic (exact) mass is 336 g/mol. The van der Waals surface area contributed by atoms with Gasteiger partial charge in [0.25, 0.3) is 0 Å². The second-order valence-electron chi connectivity index (χ2n) is 6.96. The number of hydrogen-bond donors (Lipinski definition) is 1. The van der Waals surface area contributed by atoms with Gasteiger partial charge >= 0.3 is 6.18 Å². The summed E-state index contributed by atoms with van der Waals surface area (Å²) in [5.41, 5.74) is 2.20. The largest absolute Gasteiger partial charge is 0.393 e.